The van der Waals surface area contributed by atoms with Crippen molar-refractivity contribution >= 4 is 29.2 Å². The van der Waals surface area contributed by atoms with Crippen LogP contribution in [0.1, 0.15) is 76.6 Å². The first kappa shape index (κ1) is 27.1. The number of hydrogen-bond acceptors (Lipinski definition) is 5. The Labute approximate surface area is 220 Å². The molecule has 0 radical (unpaired) electrons. The number of ketones is 1. The monoisotopic (exact) mass is 510 g/mol. The summed E-state index contributed by atoms with van der Waals surface area (Å²) in [7, 11) is 0. The van der Waals surface area contributed by atoms with Gasteiger partial charge in [-0.05, 0) is 68.2 Å². The largest absolute Gasteiger partial charge is 0.372 e. The normalized spacial score (nSPS) is 22.2. The van der Waals surface area contributed by atoms with Gasteiger partial charge in [0.25, 0.3) is 5.91 Å². The first-order chi connectivity index (χ1) is 17.7. The molecule has 8 heteroatoms. The number of carbonyl (C=O) groups is 4. The number of nitrogens with zero attached hydrogens (tertiary/aromatic N) is 3. The van der Waals surface area contributed by atoms with Crippen LogP contribution < -0.4 is 10.2 Å². The maximum atomic E-state index is 13.7. The Morgan fingerprint density at radius 1 is 0.946 bits per heavy atom. The number of anilines is 1. The summed E-state index contributed by atoms with van der Waals surface area (Å²) in [5, 5.41) is 2.96. The van der Waals surface area contributed by atoms with Crippen LogP contribution in [-0.4, -0.2) is 77.6 Å². The van der Waals surface area contributed by atoms with E-state index in [0.717, 1.165) is 25.2 Å². The minimum Gasteiger partial charge on any atom is -0.372 e. The third kappa shape index (κ3) is 6.16. The lowest BCUT2D eigenvalue weighted by Crippen LogP contribution is -2.53. The van der Waals surface area contributed by atoms with Gasteiger partial charge in [0.05, 0.1) is 12.6 Å². The van der Waals surface area contributed by atoms with Crippen LogP contribution in [-0.2, 0) is 14.4 Å². The Hall–Kier alpha value is -2.90. The van der Waals surface area contributed by atoms with Crippen LogP contribution in [0.2, 0.25) is 0 Å². The molecule has 1 N–H and O–H groups in total. The number of likely N-dealkylation sites (tertiary alicyclic amines) is 2. The van der Waals surface area contributed by atoms with Gasteiger partial charge >= 0.3 is 0 Å². The molecule has 202 valence electrons. The molecule has 1 aromatic rings. The maximum absolute atomic E-state index is 13.7. The molecular weight excluding hydrogens is 468 g/mol. The number of carbonyl (C=O) groups excluding carboxylic acids is 4. The number of rotatable bonds is 9. The van der Waals surface area contributed by atoms with E-state index >= 15 is 0 Å². The molecular formula is C29H42N4O4. The van der Waals surface area contributed by atoms with Gasteiger partial charge in [-0.25, -0.2) is 0 Å². The molecule has 3 unspecified atom stereocenters. The summed E-state index contributed by atoms with van der Waals surface area (Å²) in [6.07, 6.45) is 4.65. The molecule has 0 aliphatic carbocycles. The Morgan fingerprint density at radius 2 is 1.62 bits per heavy atom. The van der Waals surface area contributed by atoms with Crippen LogP contribution in [0.15, 0.2) is 24.3 Å². The van der Waals surface area contributed by atoms with Crippen molar-refractivity contribution in [3.05, 3.63) is 29.8 Å². The van der Waals surface area contributed by atoms with Crippen molar-refractivity contribution < 1.29 is 19.2 Å². The number of fused-ring (bicyclic) bond motifs is 1. The van der Waals surface area contributed by atoms with Gasteiger partial charge in [0.1, 0.15) is 12.1 Å². The highest BCUT2D eigenvalue weighted by Gasteiger charge is 2.52. The third-order valence-corrected chi connectivity index (χ3v) is 7.87. The molecule has 3 saturated heterocycles. The van der Waals surface area contributed by atoms with Crippen LogP contribution in [0, 0.1) is 11.8 Å². The quantitative estimate of drug-likeness (QED) is 0.551. The smallest absolute Gasteiger partial charge is 0.251 e. The lowest BCUT2D eigenvalue weighted by atomic mass is 10.0. The third-order valence-electron chi connectivity index (χ3n) is 7.87. The van der Waals surface area contributed by atoms with Crippen molar-refractivity contribution in [1.29, 1.82) is 0 Å². The Bertz CT molecular complexity index is 1000. The van der Waals surface area contributed by atoms with Gasteiger partial charge in [0, 0.05) is 37.3 Å². The molecule has 3 heterocycles. The molecule has 8 nitrogen and oxygen atoms in total. The van der Waals surface area contributed by atoms with Gasteiger partial charge in [0.15, 0.2) is 5.78 Å². The summed E-state index contributed by atoms with van der Waals surface area (Å²) in [5.74, 6) is -0.0109. The van der Waals surface area contributed by atoms with E-state index < -0.39 is 12.1 Å². The lowest BCUT2D eigenvalue weighted by molar-refractivity contribution is -0.138. The Kier molecular flexibility index (Phi) is 8.55. The van der Waals surface area contributed by atoms with Gasteiger partial charge in [-0.1, -0.05) is 27.7 Å². The van der Waals surface area contributed by atoms with Gasteiger partial charge in [0.2, 0.25) is 11.8 Å². The van der Waals surface area contributed by atoms with Crippen molar-refractivity contribution in [3.8, 4) is 0 Å². The van der Waals surface area contributed by atoms with Crippen LogP contribution in [0.5, 0.6) is 0 Å². The molecule has 1 aromatic carbocycles. The van der Waals surface area contributed by atoms with E-state index in [9.17, 15) is 19.2 Å². The zero-order valence-corrected chi connectivity index (χ0v) is 22.7. The van der Waals surface area contributed by atoms with Gasteiger partial charge < -0.3 is 20.0 Å². The summed E-state index contributed by atoms with van der Waals surface area (Å²) < 4.78 is 0. The molecule has 3 fully saturated rings. The summed E-state index contributed by atoms with van der Waals surface area (Å²) in [6, 6.07) is 5.97. The second-order valence-corrected chi connectivity index (χ2v) is 11.6. The fraction of sp³-hybridized carbons (Fsp3) is 0.655. The average molecular weight is 511 g/mol. The highest BCUT2D eigenvalue weighted by Crippen LogP contribution is 2.31. The molecule has 3 aliphatic rings. The molecule has 3 atom stereocenters. The number of hydrogen-bond donors (Lipinski definition) is 1. The van der Waals surface area contributed by atoms with Gasteiger partial charge in [-0.15, -0.1) is 0 Å². The average Bonchev–Trinajstić information content (AvgIpc) is 3.60. The molecule has 4 rings (SSSR count). The van der Waals surface area contributed by atoms with Crippen molar-refractivity contribution in [2.45, 2.75) is 84.3 Å². The van der Waals surface area contributed by atoms with E-state index in [1.807, 2.05) is 38.1 Å². The van der Waals surface area contributed by atoms with Crippen LogP contribution in [0.3, 0.4) is 0 Å². The fourth-order valence-corrected chi connectivity index (χ4v) is 5.88. The van der Waals surface area contributed by atoms with Crippen molar-refractivity contribution in [3.63, 3.8) is 0 Å². The predicted octanol–water partition coefficient (Wildman–Crippen LogP) is 3.25. The summed E-state index contributed by atoms with van der Waals surface area (Å²) in [6.45, 7) is 10.7. The first-order valence-electron chi connectivity index (χ1n) is 13.9. The van der Waals surface area contributed by atoms with Crippen molar-refractivity contribution in [2.75, 3.05) is 31.1 Å². The Morgan fingerprint density at radius 3 is 2.24 bits per heavy atom. The highest BCUT2D eigenvalue weighted by atomic mass is 16.2. The van der Waals surface area contributed by atoms with Crippen molar-refractivity contribution in [2.24, 2.45) is 11.8 Å². The summed E-state index contributed by atoms with van der Waals surface area (Å²) >= 11 is 0. The van der Waals surface area contributed by atoms with E-state index in [1.165, 1.54) is 12.8 Å². The molecule has 0 spiro atoms. The van der Waals surface area contributed by atoms with Gasteiger partial charge in [-0.3, -0.25) is 19.2 Å². The second-order valence-electron chi connectivity index (χ2n) is 11.6. The zero-order chi connectivity index (χ0) is 26.7. The van der Waals surface area contributed by atoms with Crippen molar-refractivity contribution in [1.82, 2.24) is 15.1 Å². The Balaban J connectivity index is 1.43. The second kappa shape index (κ2) is 11.7. The predicted molar refractivity (Wildman–Crippen MR) is 143 cm³/mol. The summed E-state index contributed by atoms with van der Waals surface area (Å²) in [4.78, 5) is 58.2. The molecule has 0 aromatic heterocycles. The lowest BCUT2D eigenvalue weighted by Gasteiger charge is -2.29. The molecule has 3 amide bonds. The van der Waals surface area contributed by atoms with E-state index in [2.05, 4.69) is 24.1 Å². The first-order valence-corrected chi connectivity index (χ1v) is 13.9. The molecule has 0 bridgehead atoms. The minimum atomic E-state index is -0.719. The van der Waals surface area contributed by atoms with E-state index in [-0.39, 0.29) is 42.0 Å². The number of Topliss-reactive ketones (excluding diaryl/α,β-unsaturated/α-hetero) is 1. The SMILES string of the molecule is CC(C)CCC(=O)N1CC(=O)C2C1CCN2C(=O)C(CC(C)C)NC(=O)c1ccc(N2CCCC2)cc1. The van der Waals surface area contributed by atoms with E-state index in [0.29, 0.717) is 37.3 Å². The molecule has 3 aliphatic heterocycles. The van der Waals surface area contributed by atoms with Crippen LogP contribution in [0.25, 0.3) is 0 Å². The van der Waals surface area contributed by atoms with Crippen LogP contribution in [0.4, 0.5) is 5.69 Å². The van der Waals surface area contributed by atoms with Crippen LogP contribution >= 0.6 is 0 Å². The fourth-order valence-electron chi connectivity index (χ4n) is 5.88. The topological polar surface area (TPSA) is 90.0 Å². The van der Waals surface area contributed by atoms with E-state index in [4.69, 9.17) is 0 Å². The molecule has 37 heavy (non-hydrogen) atoms. The minimum absolute atomic E-state index is 0.00624. The van der Waals surface area contributed by atoms with E-state index in [1.54, 1.807) is 9.80 Å². The molecule has 0 saturated carbocycles. The number of amides is 3. The standard InChI is InChI=1S/C29H42N4O4/c1-19(2)7-12-26(35)33-18-25(34)27-24(33)13-16-32(27)29(37)23(17-20(3)4)30-28(36)21-8-10-22(11-9-21)31-14-5-6-15-31/h8-11,19-20,23-24,27H,5-7,12-18H2,1-4H3,(H,30,36). The maximum Gasteiger partial charge on any atom is 0.251 e. The summed E-state index contributed by atoms with van der Waals surface area (Å²) in [5.41, 5.74) is 1.63. The van der Waals surface area contributed by atoms with Gasteiger partial charge in [-0.2, -0.15) is 0 Å². The zero-order valence-electron chi connectivity index (χ0n) is 22.7. The number of nitrogens with one attached hydrogen (secondary N) is 1. The number of benzene rings is 1. The highest BCUT2D eigenvalue weighted by molar-refractivity contribution is 6.01.